The molecule has 0 amide bonds. The molecule has 0 N–H and O–H groups in total. The van der Waals surface area contributed by atoms with E-state index in [0.29, 0.717) is 5.88 Å². The lowest BCUT2D eigenvalue weighted by Crippen LogP contribution is -1.76. The highest BCUT2D eigenvalue weighted by Gasteiger charge is 2.03. The minimum absolute atomic E-state index is 0.579. The van der Waals surface area contributed by atoms with Crippen LogP contribution in [0.3, 0.4) is 0 Å². The molecule has 2 aliphatic carbocycles. The maximum Gasteiger partial charge on any atom is 0.0480 e. The lowest BCUT2D eigenvalue weighted by Gasteiger charge is -1.97. The standard InChI is InChI=1S/C11H9Cl/c12-8-10-5-2-1-4-9-6-3-7-11(9)10/h1-7H,8H2. The Morgan fingerprint density at radius 3 is 2.50 bits per heavy atom. The molecule has 0 saturated carbocycles. The first kappa shape index (κ1) is 7.63. The van der Waals surface area contributed by atoms with Gasteiger partial charge in [-0.3, -0.25) is 0 Å². The van der Waals surface area contributed by atoms with Gasteiger partial charge in [0.1, 0.15) is 0 Å². The van der Waals surface area contributed by atoms with Gasteiger partial charge in [0.05, 0.1) is 0 Å². The van der Waals surface area contributed by atoms with Crippen LogP contribution in [0, 0.1) is 0 Å². The summed E-state index contributed by atoms with van der Waals surface area (Å²) in [6.45, 7) is 0. The topological polar surface area (TPSA) is 0 Å². The van der Waals surface area contributed by atoms with Gasteiger partial charge in [-0.2, -0.15) is 0 Å². The highest BCUT2D eigenvalue weighted by Crippen LogP contribution is 2.26. The summed E-state index contributed by atoms with van der Waals surface area (Å²) in [6.07, 6.45) is 0. The Bertz CT molecular complexity index is 354. The van der Waals surface area contributed by atoms with Crippen LogP contribution in [0.25, 0.3) is 11.1 Å². The predicted molar refractivity (Wildman–Crippen MR) is 52.6 cm³/mol. The second-order valence-corrected chi connectivity index (χ2v) is 3.04. The fourth-order valence-corrected chi connectivity index (χ4v) is 1.64. The Labute approximate surface area is 77.1 Å². The zero-order valence-corrected chi connectivity index (χ0v) is 7.38. The third-order valence-corrected chi connectivity index (χ3v) is 2.31. The summed E-state index contributed by atoms with van der Waals surface area (Å²) in [5.74, 6) is 0.579. The van der Waals surface area contributed by atoms with Crippen LogP contribution in [0.1, 0.15) is 5.56 Å². The molecule has 60 valence electrons. The summed E-state index contributed by atoms with van der Waals surface area (Å²) in [6, 6.07) is 14.5. The average molecular weight is 177 g/mol. The number of hydrogen-bond acceptors (Lipinski definition) is 0. The highest BCUT2D eigenvalue weighted by molar-refractivity contribution is 6.17. The van der Waals surface area contributed by atoms with Crippen molar-refractivity contribution in [3.05, 3.63) is 48.0 Å². The maximum atomic E-state index is 5.82. The van der Waals surface area contributed by atoms with Gasteiger partial charge in [-0.05, 0) is 16.7 Å². The molecule has 0 heterocycles. The minimum Gasteiger partial charge on any atom is -0.122 e. The van der Waals surface area contributed by atoms with Gasteiger partial charge in [0.2, 0.25) is 0 Å². The van der Waals surface area contributed by atoms with E-state index in [1.165, 1.54) is 16.7 Å². The fourth-order valence-electron chi connectivity index (χ4n) is 1.41. The van der Waals surface area contributed by atoms with Crippen LogP contribution in [-0.4, -0.2) is 0 Å². The predicted octanol–water partition coefficient (Wildman–Crippen LogP) is 3.53. The average Bonchev–Trinajstić information content (AvgIpc) is 2.46. The molecule has 0 atom stereocenters. The third kappa shape index (κ3) is 1.19. The molecule has 12 heavy (non-hydrogen) atoms. The molecule has 0 aromatic heterocycles. The quantitative estimate of drug-likeness (QED) is 0.584. The maximum absolute atomic E-state index is 5.82. The normalized spacial score (nSPS) is 10.4. The molecule has 2 aliphatic rings. The van der Waals surface area contributed by atoms with Gasteiger partial charge in [0, 0.05) is 5.88 Å². The van der Waals surface area contributed by atoms with E-state index in [9.17, 15) is 0 Å². The van der Waals surface area contributed by atoms with Crippen LogP contribution in [0.4, 0.5) is 0 Å². The Kier molecular flexibility index (Phi) is 2.01. The van der Waals surface area contributed by atoms with E-state index in [2.05, 4.69) is 30.3 Å². The number of fused-ring (bicyclic) bond motifs is 1. The monoisotopic (exact) mass is 176 g/mol. The van der Waals surface area contributed by atoms with Gasteiger partial charge in [0.25, 0.3) is 0 Å². The van der Waals surface area contributed by atoms with Crippen molar-refractivity contribution < 1.29 is 0 Å². The first-order valence-corrected chi connectivity index (χ1v) is 4.48. The molecule has 0 fully saturated rings. The van der Waals surface area contributed by atoms with Crippen molar-refractivity contribution in [1.29, 1.82) is 0 Å². The van der Waals surface area contributed by atoms with Crippen molar-refractivity contribution in [3.63, 3.8) is 0 Å². The summed E-state index contributed by atoms with van der Waals surface area (Å²) in [5, 5.41) is 0. The smallest absolute Gasteiger partial charge is 0.0480 e. The molecular formula is C11H9Cl. The molecule has 0 aromatic carbocycles. The zero-order valence-electron chi connectivity index (χ0n) is 6.63. The zero-order chi connectivity index (χ0) is 8.39. The van der Waals surface area contributed by atoms with Gasteiger partial charge in [-0.25, -0.2) is 0 Å². The van der Waals surface area contributed by atoms with E-state index in [0.717, 1.165) is 0 Å². The summed E-state index contributed by atoms with van der Waals surface area (Å²) in [5.41, 5.74) is 3.72. The van der Waals surface area contributed by atoms with Crippen molar-refractivity contribution in [2.75, 3.05) is 0 Å². The molecule has 2 rings (SSSR count). The molecule has 1 heteroatoms. The van der Waals surface area contributed by atoms with Crippen LogP contribution in [-0.2, 0) is 5.88 Å². The van der Waals surface area contributed by atoms with Crippen LogP contribution in [0.2, 0.25) is 0 Å². The van der Waals surface area contributed by atoms with Gasteiger partial charge < -0.3 is 0 Å². The Hall–Kier alpha value is -1.01. The number of rotatable bonds is 1. The summed E-state index contributed by atoms with van der Waals surface area (Å²) >= 11 is 5.82. The van der Waals surface area contributed by atoms with E-state index >= 15 is 0 Å². The molecule has 0 radical (unpaired) electrons. The van der Waals surface area contributed by atoms with Gasteiger partial charge in [-0.1, -0.05) is 42.5 Å². The van der Waals surface area contributed by atoms with Gasteiger partial charge in [-0.15, -0.1) is 11.6 Å². The Morgan fingerprint density at radius 2 is 1.67 bits per heavy atom. The second-order valence-electron chi connectivity index (χ2n) is 2.77. The second kappa shape index (κ2) is 3.16. The number of halogens is 1. The van der Waals surface area contributed by atoms with E-state index in [4.69, 9.17) is 11.6 Å². The third-order valence-electron chi connectivity index (χ3n) is 2.02. The van der Waals surface area contributed by atoms with E-state index < -0.39 is 0 Å². The van der Waals surface area contributed by atoms with E-state index in [-0.39, 0.29) is 0 Å². The molecular weight excluding hydrogens is 168 g/mol. The van der Waals surface area contributed by atoms with Crippen LogP contribution >= 0.6 is 11.6 Å². The lowest BCUT2D eigenvalue weighted by atomic mass is 10.1. The van der Waals surface area contributed by atoms with Crippen molar-refractivity contribution in [1.82, 2.24) is 0 Å². The minimum atomic E-state index is 0.579. The van der Waals surface area contributed by atoms with Crippen LogP contribution in [0.15, 0.2) is 42.5 Å². The van der Waals surface area contributed by atoms with E-state index in [1.807, 2.05) is 12.1 Å². The fraction of sp³-hybridized carbons (Fsp3) is 0.0909. The van der Waals surface area contributed by atoms with Crippen molar-refractivity contribution >= 4 is 11.6 Å². The first-order valence-electron chi connectivity index (χ1n) is 3.94. The molecule has 0 bridgehead atoms. The van der Waals surface area contributed by atoms with Crippen molar-refractivity contribution in [2.24, 2.45) is 0 Å². The first-order chi connectivity index (χ1) is 5.92. The molecule has 0 unspecified atom stereocenters. The van der Waals surface area contributed by atoms with E-state index in [1.54, 1.807) is 0 Å². The van der Waals surface area contributed by atoms with Crippen molar-refractivity contribution in [3.8, 4) is 11.1 Å². The molecule has 0 aliphatic heterocycles. The summed E-state index contributed by atoms with van der Waals surface area (Å²) < 4.78 is 0. The number of alkyl halides is 1. The Morgan fingerprint density at radius 1 is 0.917 bits per heavy atom. The lowest BCUT2D eigenvalue weighted by molar-refractivity contribution is 1.44. The Balaban J connectivity index is 2.69. The van der Waals surface area contributed by atoms with Crippen LogP contribution < -0.4 is 0 Å². The molecule has 0 aromatic rings. The number of hydrogen-bond donors (Lipinski definition) is 0. The SMILES string of the molecule is ClCc1ccccc2cccc1-2. The van der Waals surface area contributed by atoms with Crippen molar-refractivity contribution in [2.45, 2.75) is 5.88 Å². The van der Waals surface area contributed by atoms with Gasteiger partial charge >= 0.3 is 0 Å². The largest absolute Gasteiger partial charge is 0.122 e. The highest BCUT2D eigenvalue weighted by atomic mass is 35.5. The summed E-state index contributed by atoms with van der Waals surface area (Å²) in [7, 11) is 0. The van der Waals surface area contributed by atoms with Crippen LogP contribution in [0.5, 0.6) is 0 Å². The molecule has 0 saturated heterocycles. The summed E-state index contributed by atoms with van der Waals surface area (Å²) in [4.78, 5) is 0. The molecule has 0 spiro atoms. The van der Waals surface area contributed by atoms with Gasteiger partial charge in [0.15, 0.2) is 0 Å². The molecule has 0 nitrogen and oxygen atoms in total.